The van der Waals surface area contributed by atoms with E-state index in [9.17, 15) is 8.78 Å². The summed E-state index contributed by atoms with van der Waals surface area (Å²) < 4.78 is 34.9. The van der Waals surface area contributed by atoms with Gasteiger partial charge >= 0.3 is 6.61 Å². The van der Waals surface area contributed by atoms with E-state index >= 15 is 0 Å². The molecule has 0 saturated heterocycles. The monoisotopic (exact) mass is 385 g/mol. The summed E-state index contributed by atoms with van der Waals surface area (Å²) in [6.07, 6.45) is 0.996. The highest BCUT2D eigenvalue weighted by molar-refractivity contribution is 9.10. The van der Waals surface area contributed by atoms with E-state index in [1.807, 2.05) is 12.1 Å². The van der Waals surface area contributed by atoms with Gasteiger partial charge in [0.2, 0.25) is 0 Å². The highest BCUT2D eigenvalue weighted by Crippen LogP contribution is 2.37. The molecular formula is C17H18BrF2NO2. The summed E-state index contributed by atoms with van der Waals surface area (Å²) in [4.78, 5) is 0. The molecule has 0 fully saturated rings. The summed E-state index contributed by atoms with van der Waals surface area (Å²) in [5.41, 5.74) is 3.15. The third-order valence-corrected chi connectivity index (χ3v) is 3.94. The molecule has 3 nitrogen and oxygen atoms in total. The largest absolute Gasteiger partial charge is 0.493 e. The zero-order chi connectivity index (χ0) is 16.8. The highest BCUT2D eigenvalue weighted by Gasteiger charge is 2.15. The maximum atomic E-state index is 12.4. The number of halogens is 3. The van der Waals surface area contributed by atoms with Crippen molar-refractivity contribution in [2.24, 2.45) is 0 Å². The van der Waals surface area contributed by atoms with Crippen molar-refractivity contribution in [1.29, 1.82) is 0 Å². The summed E-state index contributed by atoms with van der Waals surface area (Å²) >= 11 is 3.25. The van der Waals surface area contributed by atoms with E-state index in [1.54, 1.807) is 12.1 Å². The van der Waals surface area contributed by atoms with Gasteiger partial charge in [0.25, 0.3) is 0 Å². The van der Waals surface area contributed by atoms with Crippen LogP contribution in [0.2, 0.25) is 0 Å². The van der Waals surface area contributed by atoms with Crippen LogP contribution in [-0.4, -0.2) is 13.7 Å². The molecule has 124 valence electrons. The molecule has 0 aliphatic rings. The standard InChI is InChI=1S/C17H18BrF2NO2/c1-3-11-4-6-13(7-5-11)21-10-12-8-14(18)16(23-17(19)20)15(9-12)22-2/h4-9,17,21H,3,10H2,1-2H3. The molecule has 0 aliphatic carbocycles. The Labute approximate surface area is 142 Å². The molecule has 2 aromatic rings. The van der Waals surface area contributed by atoms with Gasteiger partial charge in [-0.3, -0.25) is 0 Å². The van der Waals surface area contributed by atoms with Gasteiger partial charge in [0.15, 0.2) is 11.5 Å². The minimum atomic E-state index is -2.90. The van der Waals surface area contributed by atoms with E-state index in [0.717, 1.165) is 17.7 Å². The molecule has 0 radical (unpaired) electrons. The molecule has 6 heteroatoms. The van der Waals surface area contributed by atoms with Gasteiger partial charge in [0.1, 0.15) is 0 Å². The number of hydrogen-bond acceptors (Lipinski definition) is 3. The van der Waals surface area contributed by atoms with Crippen molar-refractivity contribution in [3.8, 4) is 11.5 Å². The van der Waals surface area contributed by atoms with Crippen LogP contribution in [0.25, 0.3) is 0 Å². The lowest BCUT2D eigenvalue weighted by molar-refractivity contribution is -0.0517. The van der Waals surface area contributed by atoms with E-state index in [4.69, 9.17) is 4.74 Å². The zero-order valence-electron chi connectivity index (χ0n) is 12.9. The number of aryl methyl sites for hydroxylation is 1. The van der Waals surface area contributed by atoms with Gasteiger partial charge in [-0.1, -0.05) is 19.1 Å². The normalized spacial score (nSPS) is 10.7. The Kier molecular flexibility index (Phi) is 6.21. The van der Waals surface area contributed by atoms with E-state index in [2.05, 4.69) is 45.0 Å². The van der Waals surface area contributed by atoms with Gasteiger partial charge in [0, 0.05) is 12.2 Å². The fraction of sp³-hybridized carbons (Fsp3) is 0.294. The topological polar surface area (TPSA) is 30.5 Å². The van der Waals surface area contributed by atoms with Crippen LogP contribution in [0.15, 0.2) is 40.9 Å². The van der Waals surface area contributed by atoms with E-state index < -0.39 is 6.61 Å². The van der Waals surface area contributed by atoms with Crippen LogP contribution in [0.4, 0.5) is 14.5 Å². The summed E-state index contributed by atoms with van der Waals surface area (Å²) in [6.45, 7) is -0.258. The first-order chi connectivity index (χ1) is 11.0. The molecule has 0 amide bonds. The quantitative estimate of drug-likeness (QED) is 0.707. The lowest BCUT2D eigenvalue weighted by Crippen LogP contribution is -2.06. The Morgan fingerprint density at radius 3 is 2.39 bits per heavy atom. The molecule has 23 heavy (non-hydrogen) atoms. The number of nitrogens with one attached hydrogen (secondary N) is 1. The van der Waals surface area contributed by atoms with E-state index in [-0.39, 0.29) is 11.5 Å². The minimum absolute atomic E-state index is 0.00134. The lowest BCUT2D eigenvalue weighted by Gasteiger charge is -2.14. The maximum Gasteiger partial charge on any atom is 0.387 e. The Morgan fingerprint density at radius 2 is 1.83 bits per heavy atom. The number of hydrogen-bond donors (Lipinski definition) is 1. The SMILES string of the molecule is CCc1ccc(NCc2cc(Br)c(OC(F)F)c(OC)c2)cc1. The van der Waals surface area contributed by atoms with E-state index in [1.165, 1.54) is 12.7 Å². The maximum absolute atomic E-state index is 12.4. The molecule has 0 atom stereocenters. The fourth-order valence-corrected chi connectivity index (χ4v) is 2.72. The first-order valence-electron chi connectivity index (χ1n) is 7.17. The van der Waals surface area contributed by atoms with Crippen LogP contribution in [0.3, 0.4) is 0 Å². The molecule has 0 unspecified atom stereocenters. The van der Waals surface area contributed by atoms with Crippen molar-refractivity contribution >= 4 is 21.6 Å². The number of methoxy groups -OCH3 is 1. The Morgan fingerprint density at radius 1 is 1.13 bits per heavy atom. The van der Waals surface area contributed by atoms with Gasteiger partial charge in [-0.05, 0) is 57.7 Å². The average molecular weight is 386 g/mol. The number of rotatable bonds is 7. The van der Waals surface area contributed by atoms with E-state index in [0.29, 0.717) is 11.0 Å². The minimum Gasteiger partial charge on any atom is -0.493 e. The molecule has 2 aromatic carbocycles. The van der Waals surface area contributed by atoms with Crippen LogP contribution in [0, 0.1) is 0 Å². The van der Waals surface area contributed by atoms with Gasteiger partial charge in [-0.15, -0.1) is 0 Å². The number of alkyl halides is 2. The molecule has 0 spiro atoms. The van der Waals surface area contributed by atoms with Crippen LogP contribution in [-0.2, 0) is 13.0 Å². The van der Waals surface area contributed by atoms with Crippen LogP contribution in [0.1, 0.15) is 18.1 Å². The second-order valence-electron chi connectivity index (χ2n) is 4.89. The van der Waals surface area contributed by atoms with Gasteiger partial charge < -0.3 is 14.8 Å². The number of anilines is 1. The molecular weight excluding hydrogens is 368 g/mol. The second-order valence-corrected chi connectivity index (χ2v) is 5.75. The van der Waals surface area contributed by atoms with Gasteiger partial charge in [0.05, 0.1) is 11.6 Å². The smallest absolute Gasteiger partial charge is 0.387 e. The molecule has 0 aromatic heterocycles. The molecule has 0 saturated carbocycles. The zero-order valence-corrected chi connectivity index (χ0v) is 14.5. The van der Waals surface area contributed by atoms with Gasteiger partial charge in [-0.25, -0.2) is 0 Å². The summed E-state index contributed by atoms with van der Waals surface area (Å²) in [5.74, 6) is 0.261. The Balaban J connectivity index is 2.11. The first-order valence-corrected chi connectivity index (χ1v) is 7.96. The van der Waals surface area contributed by atoms with Crippen molar-refractivity contribution in [3.63, 3.8) is 0 Å². The third kappa shape index (κ3) is 4.82. The van der Waals surface area contributed by atoms with Crippen molar-refractivity contribution in [2.45, 2.75) is 26.5 Å². The molecule has 1 N–H and O–H groups in total. The summed E-state index contributed by atoms with van der Waals surface area (Å²) in [6, 6.07) is 11.6. The number of ether oxygens (including phenoxy) is 2. The van der Waals surface area contributed by atoms with Gasteiger partial charge in [-0.2, -0.15) is 8.78 Å². The average Bonchev–Trinajstić information content (AvgIpc) is 2.55. The van der Waals surface area contributed by atoms with Crippen molar-refractivity contribution in [3.05, 3.63) is 52.0 Å². The molecule has 0 bridgehead atoms. The number of benzene rings is 2. The summed E-state index contributed by atoms with van der Waals surface area (Å²) in [5, 5.41) is 3.29. The van der Waals surface area contributed by atoms with Crippen LogP contribution in [0.5, 0.6) is 11.5 Å². The van der Waals surface area contributed by atoms with Crippen LogP contribution < -0.4 is 14.8 Å². The Hall–Kier alpha value is -1.82. The lowest BCUT2D eigenvalue weighted by atomic mass is 10.1. The predicted octanol–water partition coefficient (Wildman–Crippen LogP) is 5.23. The summed E-state index contributed by atoms with van der Waals surface area (Å²) in [7, 11) is 1.42. The van der Waals surface area contributed by atoms with Crippen molar-refractivity contribution < 1.29 is 18.3 Å². The fourth-order valence-electron chi connectivity index (χ4n) is 2.14. The molecule has 0 heterocycles. The Bertz CT molecular complexity index is 648. The predicted molar refractivity (Wildman–Crippen MR) is 90.5 cm³/mol. The molecule has 2 rings (SSSR count). The third-order valence-electron chi connectivity index (χ3n) is 3.35. The van der Waals surface area contributed by atoms with Crippen LogP contribution >= 0.6 is 15.9 Å². The first kappa shape index (κ1) is 17.5. The second kappa shape index (κ2) is 8.15. The molecule has 0 aliphatic heterocycles. The van der Waals surface area contributed by atoms with Crippen molar-refractivity contribution in [2.75, 3.05) is 12.4 Å². The van der Waals surface area contributed by atoms with Crippen molar-refractivity contribution in [1.82, 2.24) is 0 Å². The highest BCUT2D eigenvalue weighted by atomic mass is 79.9.